The lowest BCUT2D eigenvalue weighted by Gasteiger charge is -2.41. The summed E-state index contributed by atoms with van der Waals surface area (Å²) >= 11 is 0. The van der Waals surface area contributed by atoms with Gasteiger partial charge in [-0.3, -0.25) is 9.59 Å². The Kier molecular flexibility index (Phi) is 13.4. The van der Waals surface area contributed by atoms with Crippen LogP contribution in [0.4, 0.5) is 0 Å². The number of hydrogen-bond donors (Lipinski definition) is 0. The number of esters is 2. The molecule has 11 nitrogen and oxygen atoms in total. The van der Waals surface area contributed by atoms with Crippen molar-refractivity contribution in [2.75, 3.05) is 49.7 Å². The van der Waals surface area contributed by atoms with Crippen molar-refractivity contribution in [3.63, 3.8) is 0 Å². The minimum Gasteiger partial charge on any atom is -0.493 e. The standard InChI is InChI=1S/C37H49NO10/c1-38(28-12-8-26(9-13-28)36(39)47-18-16-24-20-30(41-2)34(45-6)31(21-24)42-3)29-14-10-27(11-15-29)37(40)48-19-17-25-22-32(43-4)35(46-7)33(23-25)44-5/h16-23,26-29H,8-15H2,1-7H3/b18-16+,19-17+. The molecule has 48 heavy (non-hydrogen) atoms. The molecule has 0 radical (unpaired) electrons. The summed E-state index contributed by atoms with van der Waals surface area (Å²) in [6, 6.07) is 7.97. The second-order valence-electron chi connectivity index (χ2n) is 12.1. The molecule has 0 aliphatic heterocycles. The number of nitrogens with zero attached hydrogens (tertiary/aromatic N) is 1. The molecule has 2 fully saturated rings. The van der Waals surface area contributed by atoms with Crippen LogP contribution < -0.4 is 28.4 Å². The van der Waals surface area contributed by atoms with E-state index in [9.17, 15) is 9.59 Å². The van der Waals surface area contributed by atoms with Gasteiger partial charge in [0, 0.05) is 12.1 Å². The fourth-order valence-corrected chi connectivity index (χ4v) is 6.68. The lowest BCUT2D eigenvalue weighted by atomic mass is 9.82. The molecule has 2 aliphatic rings. The van der Waals surface area contributed by atoms with Crippen molar-refractivity contribution in [2.45, 2.75) is 63.5 Å². The fourth-order valence-electron chi connectivity index (χ4n) is 6.68. The lowest BCUT2D eigenvalue weighted by Crippen LogP contribution is -2.45. The molecule has 0 spiro atoms. The smallest absolute Gasteiger partial charge is 0.313 e. The molecule has 2 aromatic carbocycles. The van der Waals surface area contributed by atoms with E-state index in [0.717, 1.165) is 62.5 Å². The van der Waals surface area contributed by atoms with Crippen molar-refractivity contribution in [1.29, 1.82) is 0 Å². The Morgan fingerprint density at radius 1 is 0.542 bits per heavy atom. The van der Waals surface area contributed by atoms with Crippen molar-refractivity contribution in [3.05, 3.63) is 47.9 Å². The number of methoxy groups -OCH3 is 6. The van der Waals surface area contributed by atoms with E-state index < -0.39 is 0 Å². The first-order chi connectivity index (χ1) is 23.3. The van der Waals surface area contributed by atoms with Gasteiger partial charge in [0.25, 0.3) is 0 Å². The van der Waals surface area contributed by atoms with Gasteiger partial charge in [-0.15, -0.1) is 0 Å². The highest BCUT2D eigenvalue weighted by Gasteiger charge is 2.34. The molecule has 262 valence electrons. The quantitative estimate of drug-likeness (QED) is 0.162. The Morgan fingerprint density at radius 2 is 0.854 bits per heavy atom. The number of rotatable bonds is 14. The first kappa shape index (κ1) is 36.5. The van der Waals surface area contributed by atoms with Gasteiger partial charge in [-0.1, -0.05) is 0 Å². The molecule has 11 heteroatoms. The fraction of sp³-hybridized carbons (Fsp3) is 0.514. The predicted octanol–water partition coefficient (Wildman–Crippen LogP) is 6.52. The Hall–Kier alpha value is -4.38. The van der Waals surface area contributed by atoms with E-state index in [0.29, 0.717) is 46.6 Å². The molecular formula is C37H49NO10. The normalized spacial score (nSPS) is 21.2. The molecule has 0 aromatic heterocycles. The van der Waals surface area contributed by atoms with E-state index >= 15 is 0 Å². The summed E-state index contributed by atoms with van der Waals surface area (Å²) in [5.74, 6) is 2.44. The maximum absolute atomic E-state index is 12.8. The van der Waals surface area contributed by atoms with Crippen LogP contribution in [0.3, 0.4) is 0 Å². The number of carbonyl (C=O) groups is 2. The van der Waals surface area contributed by atoms with Gasteiger partial charge in [0.1, 0.15) is 0 Å². The van der Waals surface area contributed by atoms with Crippen molar-refractivity contribution in [1.82, 2.24) is 4.90 Å². The van der Waals surface area contributed by atoms with Crippen LogP contribution in [0.2, 0.25) is 0 Å². The Balaban J connectivity index is 1.20. The van der Waals surface area contributed by atoms with Crippen LogP contribution >= 0.6 is 0 Å². The summed E-state index contributed by atoms with van der Waals surface area (Å²) in [5.41, 5.74) is 1.52. The maximum Gasteiger partial charge on any atom is 0.313 e. The highest BCUT2D eigenvalue weighted by molar-refractivity contribution is 5.74. The maximum atomic E-state index is 12.8. The Morgan fingerprint density at radius 3 is 1.12 bits per heavy atom. The van der Waals surface area contributed by atoms with Crippen molar-refractivity contribution >= 4 is 24.1 Å². The Bertz CT molecular complexity index is 1280. The SMILES string of the molecule is COc1cc(/C=C/OC(=O)C2CCC(N(C)C3CCC(C(=O)O/C=C/c4cc(OC)c(OC)c(OC)c4)CC3)CC2)cc(OC)c1OC. The van der Waals surface area contributed by atoms with E-state index in [1.807, 2.05) is 0 Å². The van der Waals surface area contributed by atoms with Crippen LogP contribution in [-0.4, -0.2) is 78.6 Å². The monoisotopic (exact) mass is 667 g/mol. The van der Waals surface area contributed by atoms with Crippen LogP contribution in [-0.2, 0) is 19.1 Å². The third-order valence-corrected chi connectivity index (χ3v) is 9.48. The highest BCUT2D eigenvalue weighted by atomic mass is 16.5. The van der Waals surface area contributed by atoms with E-state index in [1.165, 1.54) is 12.5 Å². The minimum atomic E-state index is -0.210. The topological polar surface area (TPSA) is 111 Å². The van der Waals surface area contributed by atoms with E-state index in [2.05, 4.69) is 11.9 Å². The summed E-state index contributed by atoms with van der Waals surface area (Å²) in [5, 5.41) is 0. The third kappa shape index (κ3) is 8.94. The van der Waals surface area contributed by atoms with Gasteiger partial charge >= 0.3 is 11.9 Å². The zero-order valence-electron chi connectivity index (χ0n) is 29.1. The predicted molar refractivity (Wildman–Crippen MR) is 182 cm³/mol. The van der Waals surface area contributed by atoms with Gasteiger partial charge < -0.3 is 42.8 Å². The number of hydrogen-bond acceptors (Lipinski definition) is 11. The molecule has 0 bridgehead atoms. The molecule has 2 aliphatic carbocycles. The molecule has 0 saturated heterocycles. The van der Waals surface area contributed by atoms with Gasteiger partial charge in [-0.05, 0) is 106 Å². The molecule has 2 saturated carbocycles. The molecule has 0 unspecified atom stereocenters. The van der Waals surface area contributed by atoms with Crippen LogP contribution in [0.15, 0.2) is 36.8 Å². The van der Waals surface area contributed by atoms with Crippen LogP contribution in [0, 0.1) is 11.8 Å². The average Bonchev–Trinajstić information content (AvgIpc) is 3.13. The molecule has 0 heterocycles. The van der Waals surface area contributed by atoms with Crippen LogP contribution in [0.5, 0.6) is 34.5 Å². The third-order valence-electron chi connectivity index (χ3n) is 9.48. The molecule has 0 amide bonds. The molecule has 2 aromatic rings. The van der Waals surface area contributed by atoms with Crippen molar-refractivity contribution in [3.8, 4) is 34.5 Å². The summed E-state index contributed by atoms with van der Waals surface area (Å²) in [6.07, 6.45) is 13.1. The molecule has 4 rings (SSSR count). The summed E-state index contributed by atoms with van der Waals surface area (Å²) < 4.78 is 43.3. The van der Waals surface area contributed by atoms with Crippen molar-refractivity contribution in [2.24, 2.45) is 11.8 Å². The second-order valence-corrected chi connectivity index (χ2v) is 12.1. The van der Waals surface area contributed by atoms with Gasteiger partial charge in [0.2, 0.25) is 11.5 Å². The second kappa shape index (κ2) is 17.7. The van der Waals surface area contributed by atoms with Gasteiger partial charge in [0.05, 0.1) is 67.0 Å². The number of carbonyl (C=O) groups excluding carboxylic acids is 2. The largest absolute Gasteiger partial charge is 0.493 e. The first-order valence-corrected chi connectivity index (χ1v) is 16.3. The number of benzene rings is 2. The highest BCUT2D eigenvalue weighted by Crippen LogP contribution is 2.40. The van der Waals surface area contributed by atoms with Crippen LogP contribution in [0.1, 0.15) is 62.5 Å². The van der Waals surface area contributed by atoms with Gasteiger partial charge in [0.15, 0.2) is 23.0 Å². The lowest BCUT2D eigenvalue weighted by molar-refractivity contribution is -0.144. The summed E-state index contributed by atoms with van der Waals surface area (Å²) in [7, 11) is 11.5. The van der Waals surface area contributed by atoms with E-state index in [4.69, 9.17) is 37.9 Å². The molecule has 0 atom stereocenters. The average molecular weight is 668 g/mol. The Labute approximate surface area is 283 Å². The van der Waals surface area contributed by atoms with Gasteiger partial charge in [-0.25, -0.2) is 0 Å². The minimum absolute atomic E-state index is 0.127. The summed E-state index contributed by atoms with van der Waals surface area (Å²) in [4.78, 5) is 28.1. The van der Waals surface area contributed by atoms with E-state index in [1.54, 1.807) is 79.1 Å². The summed E-state index contributed by atoms with van der Waals surface area (Å²) in [6.45, 7) is 0. The zero-order chi connectivity index (χ0) is 34.6. The van der Waals surface area contributed by atoms with Gasteiger partial charge in [-0.2, -0.15) is 0 Å². The zero-order valence-corrected chi connectivity index (χ0v) is 29.1. The number of ether oxygens (including phenoxy) is 8. The first-order valence-electron chi connectivity index (χ1n) is 16.3. The van der Waals surface area contributed by atoms with E-state index in [-0.39, 0.29) is 23.8 Å². The van der Waals surface area contributed by atoms with Crippen LogP contribution in [0.25, 0.3) is 12.2 Å². The molecule has 0 N–H and O–H groups in total. The van der Waals surface area contributed by atoms with Crippen molar-refractivity contribution < 1.29 is 47.5 Å². The molecular weight excluding hydrogens is 618 g/mol.